The van der Waals surface area contributed by atoms with E-state index in [2.05, 4.69) is 0 Å². The van der Waals surface area contributed by atoms with Gasteiger partial charge in [0.1, 0.15) is 5.76 Å². The summed E-state index contributed by atoms with van der Waals surface area (Å²) in [6, 6.07) is 13.3. The molecule has 0 aliphatic carbocycles. The number of ketones is 1. The van der Waals surface area contributed by atoms with E-state index in [4.69, 9.17) is 9.47 Å². The van der Waals surface area contributed by atoms with Gasteiger partial charge in [0.15, 0.2) is 11.5 Å². The molecule has 2 aromatic rings. The fraction of sp³-hybridized carbons (Fsp3) is 0.333. The monoisotopic (exact) mass is 424 g/mol. The number of ether oxygens (including phenoxy) is 2. The smallest absolute Gasteiger partial charge is 0.295 e. The fourth-order valence-corrected chi connectivity index (χ4v) is 3.65. The minimum absolute atomic E-state index is 0.0705. The normalized spacial score (nSPS) is 18.0. The van der Waals surface area contributed by atoms with Crippen LogP contribution in [-0.4, -0.2) is 67.5 Å². The quantitative estimate of drug-likeness (QED) is 0.399. The summed E-state index contributed by atoms with van der Waals surface area (Å²) in [4.78, 5) is 29.4. The number of hydrogen-bond acceptors (Lipinski definition) is 6. The molecule has 1 atom stereocenters. The molecule has 164 valence electrons. The Morgan fingerprint density at radius 1 is 1.10 bits per heavy atom. The van der Waals surface area contributed by atoms with Crippen molar-refractivity contribution < 1.29 is 24.2 Å². The minimum Gasteiger partial charge on any atom is -0.507 e. The van der Waals surface area contributed by atoms with Gasteiger partial charge in [0.2, 0.25) is 0 Å². The number of likely N-dealkylation sites (tertiary alicyclic amines) is 1. The summed E-state index contributed by atoms with van der Waals surface area (Å²) in [5.41, 5.74) is 1.22. The van der Waals surface area contributed by atoms with Gasteiger partial charge in [-0.15, -0.1) is 0 Å². The molecule has 7 nitrogen and oxygen atoms in total. The summed E-state index contributed by atoms with van der Waals surface area (Å²) in [7, 11) is 5.33. The number of rotatable bonds is 8. The van der Waals surface area contributed by atoms with Crippen LogP contribution in [0.1, 0.15) is 24.1 Å². The van der Waals surface area contributed by atoms with Crippen LogP contribution in [0.25, 0.3) is 5.76 Å². The molecule has 1 N–H and O–H groups in total. The Hall–Kier alpha value is -3.32. The Kier molecular flexibility index (Phi) is 6.97. The summed E-state index contributed by atoms with van der Waals surface area (Å²) in [6.45, 7) is 3.26. The van der Waals surface area contributed by atoms with Crippen LogP contribution in [0.5, 0.6) is 11.5 Å². The molecule has 1 saturated heterocycles. The molecule has 3 rings (SSSR count). The van der Waals surface area contributed by atoms with Crippen molar-refractivity contribution in [1.82, 2.24) is 9.80 Å². The van der Waals surface area contributed by atoms with Gasteiger partial charge < -0.3 is 24.4 Å². The van der Waals surface area contributed by atoms with Crippen LogP contribution < -0.4 is 9.47 Å². The van der Waals surface area contributed by atoms with Gasteiger partial charge in [-0.05, 0) is 38.7 Å². The van der Waals surface area contributed by atoms with E-state index in [0.717, 1.165) is 0 Å². The third-order valence-corrected chi connectivity index (χ3v) is 5.18. The van der Waals surface area contributed by atoms with E-state index in [1.807, 2.05) is 32.0 Å². The first-order chi connectivity index (χ1) is 14.9. The van der Waals surface area contributed by atoms with Crippen molar-refractivity contribution in [3.05, 3.63) is 65.2 Å². The predicted octanol–water partition coefficient (Wildman–Crippen LogP) is 3.08. The first-order valence-corrected chi connectivity index (χ1v) is 10.2. The van der Waals surface area contributed by atoms with E-state index in [1.54, 1.807) is 42.5 Å². The topological polar surface area (TPSA) is 79.3 Å². The van der Waals surface area contributed by atoms with Gasteiger partial charge in [0.25, 0.3) is 11.7 Å². The zero-order valence-electron chi connectivity index (χ0n) is 18.3. The lowest BCUT2D eigenvalue weighted by atomic mass is 9.95. The van der Waals surface area contributed by atoms with Crippen LogP contribution in [0.4, 0.5) is 0 Å². The van der Waals surface area contributed by atoms with Crippen LogP contribution in [0.3, 0.4) is 0 Å². The van der Waals surface area contributed by atoms with Crippen molar-refractivity contribution in [2.75, 3.05) is 40.9 Å². The van der Waals surface area contributed by atoms with Crippen LogP contribution >= 0.6 is 0 Å². The van der Waals surface area contributed by atoms with E-state index in [0.29, 0.717) is 42.3 Å². The lowest BCUT2D eigenvalue weighted by Crippen LogP contribution is -2.35. The van der Waals surface area contributed by atoms with Gasteiger partial charge in [-0.25, -0.2) is 0 Å². The summed E-state index contributed by atoms with van der Waals surface area (Å²) in [6.07, 6.45) is 0. The number of aliphatic hydroxyl groups is 1. The molecule has 1 amide bonds. The lowest BCUT2D eigenvalue weighted by Gasteiger charge is -2.27. The highest BCUT2D eigenvalue weighted by molar-refractivity contribution is 6.46. The molecular weight excluding hydrogens is 396 g/mol. The Morgan fingerprint density at radius 3 is 2.42 bits per heavy atom. The van der Waals surface area contributed by atoms with Crippen molar-refractivity contribution in [2.24, 2.45) is 0 Å². The fourth-order valence-electron chi connectivity index (χ4n) is 3.65. The molecule has 2 aromatic carbocycles. The number of amides is 1. The summed E-state index contributed by atoms with van der Waals surface area (Å²) in [5.74, 6) is -0.446. The highest BCUT2D eigenvalue weighted by Gasteiger charge is 2.46. The molecule has 1 aliphatic heterocycles. The number of carbonyl (C=O) groups excluding carboxylic acids is 2. The van der Waals surface area contributed by atoms with Gasteiger partial charge in [0.05, 0.1) is 25.3 Å². The highest BCUT2D eigenvalue weighted by Crippen LogP contribution is 2.41. The molecule has 1 fully saturated rings. The Morgan fingerprint density at radius 2 is 1.81 bits per heavy atom. The number of Topliss-reactive ketones (excluding diaryl/α,β-unsaturated/α-hetero) is 1. The number of hydrogen-bond donors (Lipinski definition) is 1. The van der Waals surface area contributed by atoms with Gasteiger partial charge in [-0.2, -0.15) is 0 Å². The van der Waals surface area contributed by atoms with E-state index in [9.17, 15) is 14.7 Å². The molecule has 0 aromatic heterocycles. The lowest BCUT2D eigenvalue weighted by molar-refractivity contribution is -0.140. The largest absolute Gasteiger partial charge is 0.507 e. The first kappa shape index (κ1) is 22.4. The third-order valence-electron chi connectivity index (χ3n) is 5.18. The van der Waals surface area contributed by atoms with Gasteiger partial charge >= 0.3 is 0 Å². The van der Waals surface area contributed by atoms with E-state index in [-0.39, 0.29) is 11.3 Å². The maximum absolute atomic E-state index is 13.0. The average Bonchev–Trinajstić information content (AvgIpc) is 3.03. The molecule has 1 heterocycles. The molecule has 0 spiro atoms. The second-order valence-corrected chi connectivity index (χ2v) is 7.51. The molecule has 0 bridgehead atoms. The van der Waals surface area contributed by atoms with Crippen LogP contribution in [-0.2, 0) is 9.59 Å². The summed E-state index contributed by atoms with van der Waals surface area (Å²) in [5, 5.41) is 11.0. The van der Waals surface area contributed by atoms with Crippen LogP contribution in [0.15, 0.2) is 54.1 Å². The van der Waals surface area contributed by atoms with Crippen molar-refractivity contribution in [1.29, 1.82) is 0 Å². The van der Waals surface area contributed by atoms with Gasteiger partial charge in [0, 0.05) is 18.7 Å². The number of benzene rings is 2. The van der Waals surface area contributed by atoms with E-state index >= 15 is 0 Å². The number of nitrogens with zero attached hydrogens (tertiary/aromatic N) is 2. The predicted molar refractivity (Wildman–Crippen MR) is 118 cm³/mol. The van der Waals surface area contributed by atoms with Crippen molar-refractivity contribution in [3.63, 3.8) is 0 Å². The maximum atomic E-state index is 13.0. The van der Waals surface area contributed by atoms with Gasteiger partial charge in [-0.1, -0.05) is 36.4 Å². The maximum Gasteiger partial charge on any atom is 0.295 e. The van der Waals surface area contributed by atoms with Crippen molar-refractivity contribution in [2.45, 2.75) is 13.0 Å². The van der Waals surface area contributed by atoms with Crippen LogP contribution in [0, 0.1) is 0 Å². The number of aliphatic hydroxyl groups excluding tert-OH is 1. The third kappa shape index (κ3) is 4.56. The van der Waals surface area contributed by atoms with E-state index in [1.165, 1.54) is 12.0 Å². The first-order valence-electron chi connectivity index (χ1n) is 10.2. The number of methoxy groups -OCH3 is 1. The Bertz CT molecular complexity index is 985. The zero-order valence-corrected chi connectivity index (χ0v) is 18.3. The van der Waals surface area contributed by atoms with E-state index < -0.39 is 17.7 Å². The minimum atomic E-state index is -0.732. The molecule has 31 heavy (non-hydrogen) atoms. The molecule has 7 heteroatoms. The van der Waals surface area contributed by atoms with Crippen LogP contribution in [0.2, 0.25) is 0 Å². The Labute approximate surface area is 182 Å². The molecule has 0 radical (unpaired) electrons. The second kappa shape index (κ2) is 9.66. The Balaban J connectivity index is 2.16. The molecule has 1 aliphatic rings. The summed E-state index contributed by atoms with van der Waals surface area (Å²) < 4.78 is 11.1. The number of carbonyl (C=O) groups is 2. The second-order valence-electron chi connectivity index (χ2n) is 7.51. The van der Waals surface area contributed by atoms with Gasteiger partial charge in [-0.3, -0.25) is 9.59 Å². The highest BCUT2D eigenvalue weighted by atomic mass is 16.5. The van der Waals surface area contributed by atoms with Crippen molar-refractivity contribution >= 4 is 17.4 Å². The standard InChI is InChI=1S/C24H28N2O5/c1-5-31-18-12-11-17(15-19(18)30-4)21-20(22(27)16-9-7-6-8-10-16)23(28)24(29)26(21)14-13-25(2)3/h6-12,15,21,27H,5,13-14H2,1-4H3. The zero-order chi connectivity index (χ0) is 22.5. The van der Waals surface area contributed by atoms with Crippen molar-refractivity contribution in [3.8, 4) is 11.5 Å². The molecule has 1 unspecified atom stereocenters. The SMILES string of the molecule is CCOc1ccc(C2C(=C(O)c3ccccc3)C(=O)C(=O)N2CCN(C)C)cc1OC. The molecule has 0 saturated carbocycles. The molecular formula is C24H28N2O5. The summed E-state index contributed by atoms with van der Waals surface area (Å²) >= 11 is 0. The number of likely N-dealkylation sites (N-methyl/N-ethyl adjacent to an activating group) is 1. The average molecular weight is 424 g/mol.